The molecule has 2 rings (SSSR count). The third-order valence-corrected chi connectivity index (χ3v) is 5.58. The molecule has 0 aliphatic heterocycles. The molecule has 1 saturated carbocycles. The summed E-state index contributed by atoms with van der Waals surface area (Å²) in [6.45, 7) is 1.51. The van der Waals surface area contributed by atoms with E-state index in [4.69, 9.17) is 5.11 Å². The van der Waals surface area contributed by atoms with Crippen molar-refractivity contribution in [3.05, 3.63) is 35.9 Å². The first kappa shape index (κ1) is 19.5. The minimum absolute atomic E-state index is 0.00725. The van der Waals surface area contributed by atoms with Crippen molar-refractivity contribution in [3.63, 3.8) is 0 Å². The fraction of sp³-hybridized carbons (Fsp3) is 0.526. The zero-order valence-corrected chi connectivity index (χ0v) is 15.3. The summed E-state index contributed by atoms with van der Waals surface area (Å²) in [5.41, 5.74) is 1.07. The van der Waals surface area contributed by atoms with Crippen molar-refractivity contribution in [3.8, 4) is 0 Å². The first-order chi connectivity index (χ1) is 12.0. The van der Waals surface area contributed by atoms with E-state index in [0.29, 0.717) is 37.9 Å². The molecule has 25 heavy (non-hydrogen) atoms. The van der Waals surface area contributed by atoms with E-state index in [1.165, 1.54) is 18.7 Å². The Labute approximate surface area is 152 Å². The van der Waals surface area contributed by atoms with Crippen LogP contribution in [0.4, 0.5) is 0 Å². The number of carboxylic acids is 1. The van der Waals surface area contributed by atoms with Gasteiger partial charge in [0.25, 0.3) is 0 Å². The maximum Gasteiger partial charge on any atom is 0.306 e. The number of aliphatic carboxylic acids is 1. The summed E-state index contributed by atoms with van der Waals surface area (Å²) < 4.78 is 0. The minimum Gasteiger partial charge on any atom is -0.481 e. The molecule has 1 aromatic rings. The molecule has 5 nitrogen and oxygen atoms in total. The number of carbonyl (C=O) groups excluding carboxylic acids is 2. The summed E-state index contributed by atoms with van der Waals surface area (Å²) in [5, 5.41) is 12.1. The van der Waals surface area contributed by atoms with Gasteiger partial charge < -0.3 is 10.4 Å². The summed E-state index contributed by atoms with van der Waals surface area (Å²) >= 11 is 1.18. The van der Waals surface area contributed by atoms with E-state index >= 15 is 0 Å². The molecule has 1 atom stereocenters. The molecule has 0 saturated heterocycles. The molecule has 2 N–H and O–H groups in total. The lowest BCUT2D eigenvalue weighted by molar-refractivity contribution is -0.142. The van der Waals surface area contributed by atoms with Crippen molar-refractivity contribution in [2.24, 2.45) is 11.8 Å². The lowest BCUT2D eigenvalue weighted by Crippen LogP contribution is -2.42. The largest absolute Gasteiger partial charge is 0.481 e. The molecule has 0 radical (unpaired) electrons. The highest BCUT2D eigenvalue weighted by Crippen LogP contribution is 2.25. The van der Waals surface area contributed by atoms with Gasteiger partial charge in [-0.3, -0.25) is 14.4 Å². The summed E-state index contributed by atoms with van der Waals surface area (Å²) in [7, 11) is 0. The van der Waals surface area contributed by atoms with Crippen molar-refractivity contribution in [2.45, 2.75) is 45.1 Å². The molecular weight excluding hydrogens is 338 g/mol. The number of benzene rings is 1. The number of hydrogen-bond donors (Lipinski definition) is 2. The van der Waals surface area contributed by atoms with Gasteiger partial charge in [0.05, 0.1) is 11.8 Å². The van der Waals surface area contributed by atoms with Crippen molar-refractivity contribution in [2.75, 3.05) is 5.75 Å². The average Bonchev–Trinajstić information content (AvgIpc) is 2.59. The monoisotopic (exact) mass is 363 g/mol. The molecule has 1 aliphatic rings. The van der Waals surface area contributed by atoms with Gasteiger partial charge in [-0.05, 0) is 37.7 Å². The molecular formula is C19H25NO4S. The van der Waals surface area contributed by atoms with E-state index in [0.717, 1.165) is 5.56 Å². The van der Waals surface area contributed by atoms with Crippen LogP contribution in [0.1, 0.15) is 38.2 Å². The zero-order chi connectivity index (χ0) is 18.2. The number of amides is 1. The van der Waals surface area contributed by atoms with Gasteiger partial charge in [-0.2, -0.15) is 0 Å². The van der Waals surface area contributed by atoms with E-state index in [1.807, 2.05) is 30.3 Å². The number of hydrogen-bond acceptors (Lipinski definition) is 4. The van der Waals surface area contributed by atoms with Gasteiger partial charge >= 0.3 is 5.97 Å². The third-order valence-electron chi connectivity index (χ3n) is 4.61. The van der Waals surface area contributed by atoms with Gasteiger partial charge in [-0.1, -0.05) is 42.1 Å². The quantitative estimate of drug-likeness (QED) is 0.778. The van der Waals surface area contributed by atoms with Gasteiger partial charge in [0.15, 0.2) is 5.12 Å². The van der Waals surface area contributed by atoms with E-state index in [2.05, 4.69) is 5.32 Å². The normalized spacial score (nSPS) is 21.3. The van der Waals surface area contributed by atoms with Crippen LogP contribution >= 0.6 is 11.8 Å². The lowest BCUT2D eigenvalue weighted by Gasteiger charge is -2.28. The molecule has 6 heteroatoms. The maximum atomic E-state index is 12.7. The molecule has 1 amide bonds. The van der Waals surface area contributed by atoms with Crippen molar-refractivity contribution >= 4 is 28.8 Å². The SMILES string of the molecule is CC(=O)SCC(Cc1ccccc1)C(=O)N[C@H]1CC[C@@H](C(=O)O)CC1. The Bertz CT molecular complexity index is 597. The maximum absolute atomic E-state index is 12.7. The summed E-state index contributed by atoms with van der Waals surface area (Å²) in [6.07, 6.45) is 3.19. The number of rotatable bonds is 7. The van der Waals surface area contributed by atoms with Crippen LogP contribution in [0.15, 0.2) is 30.3 Å². The van der Waals surface area contributed by atoms with E-state index in [1.54, 1.807) is 0 Å². The van der Waals surface area contributed by atoms with Crippen molar-refractivity contribution < 1.29 is 19.5 Å². The Hall–Kier alpha value is -1.82. The molecule has 0 heterocycles. The summed E-state index contributed by atoms with van der Waals surface area (Å²) in [5.74, 6) is -0.892. The number of carbonyl (C=O) groups is 3. The molecule has 1 aromatic carbocycles. The molecule has 0 aromatic heterocycles. The Morgan fingerprint density at radius 2 is 1.80 bits per heavy atom. The second-order valence-corrected chi connectivity index (χ2v) is 7.78. The van der Waals surface area contributed by atoms with Crippen LogP contribution in [-0.2, 0) is 20.8 Å². The van der Waals surface area contributed by atoms with Crippen LogP contribution in [-0.4, -0.2) is 33.9 Å². The summed E-state index contributed by atoms with van der Waals surface area (Å²) in [6, 6.07) is 9.81. The first-order valence-electron chi connectivity index (χ1n) is 8.66. The van der Waals surface area contributed by atoms with Crippen LogP contribution < -0.4 is 5.32 Å². The van der Waals surface area contributed by atoms with Crippen LogP contribution in [0, 0.1) is 11.8 Å². The molecule has 1 aliphatic carbocycles. The Morgan fingerprint density at radius 3 is 2.36 bits per heavy atom. The Morgan fingerprint density at radius 1 is 1.16 bits per heavy atom. The fourth-order valence-corrected chi connectivity index (χ4v) is 3.85. The predicted octanol–water partition coefficient (Wildman–Crippen LogP) is 2.88. The van der Waals surface area contributed by atoms with Crippen LogP contribution in [0.2, 0.25) is 0 Å². The van der Waals surface area contributed by atoms with Gasteiger partial charge in [0, 0.05) is 18.7 Å². The van der Waals surface area contributed by atoms with E-state index in [-0.39, 0.29) is 28.9 Å². The lowest BCUT2D eigenvalue weighted by atomic mass is 9.86. The summed E-state index contributed by atoms with van der Waals surface area (Å²) in [4.78, 5) is 35.0. The van der Waals surface area contributed by atoms with Crippen LogP contribution in [0.3, 0.4) is 0 Å². The van der Waals surface area contributed by atoms with Gasteiger partial charge in [-0.25, -0.2) is 0 Å². The smallest absolute Gasteiger partial charge is 0.306 e. The van der Waals surface area contributed by atoms with Gasteiger partial charge in [0.1, 0.15) is 0 Å². The Balaban J connectivity index is 1.92. The fourth-order valence-electron chi connectivity index (χ4n) is 3.15. The third kappa shape index (κ3) is 6.53. The molecule has 0 bridgehead atoms. The molecule has 0 spiro atoms. The Kier molecular flexibility index (Phi) is 7.50. The van der Waals surface area contributed by atoms with Crippen molar-refractivity contribution in [1.82, 2.24) is 5.32 Å². The molecule has 1 unspecified atom stereocenters. The molecule has 1 fully saturated rings. The minimum atomic E-state index is -0.746. The first-order valence-corrected chi connectivity index (χ1v) is 9.64. The van der Waals surface area contributed by atoms with E-state index < -0.39 is 5.97 Å². The van der Waals surface area contributed by atoms with Crippen LogP contribution in [0.5, 0.6) is 0 Å². The predicted molar refractivity (Wildman–Crippen MR) is 98.3 cm³/mol. The number of nitrogens with one attached hydrogen (secondary N) is 1. The highest BCUT2D eigenvalue weighted by atomic mass is 32.2. The van der Waals surface area contributed by atoms with Crippen molar-refractivity contribution in [1.29, 1.82) is 0 Å². The van der Waals surface area contributed by atoms with Crippen LogP contribution in [0.25, 0.3) is 0 Å². The topological polar surface area (TPSA) is 83.5 Å². The average molecular weight is 363 g/mol. The number of thioether (sulfide) groups is 1. The second kappa shape index (κ2) is 9.61. The number of carboxylic acid groups (broad SMARTS) is 1. The second-order valence-electron chi connectivity index (χ2n) is 6.58. The molecule has 136 valence electrons. The highest BCUT2D eigenvalue weighted by molar-refractivity contribution is 8.13. The standard InChI is InChI=1S/C19H25NO4S/c1-13(21)25-12-16(11-14-5-3-2-4-6-14)18(22)20-17-9-7-15(8-10-17)19(23)24/h2-6,15-17H,7-12H2,1H3,(H,20,22)(H,23,24)/t15-,16?,17+. The van der Waals surface area contributed by atoms with Gasteiger partial charge in [0.2, 0.25) is 5.91 Å². The van der Waals surface area contributed by atoms with Gasteiger partial charge in [-0.15, -0.1) is 0 Å². The zero-order valence-electron chi connectivity index (χ0n) is 14.4. The van der Waals surface area contributed by atoms with E-state index in [9.17, 15) is 14.4 Å². The highest BCUT2D eigenvalue weighted by Gasteiger charge is 2.28.